The van der Waals surface area contributed by atoms with Crippen LogP contribution >= 0.6 is 23.2 Å². The number of benzene rings is 2. The van der Waals surface area contributed by atoms with E-state index in [0.29, 0.717) is 5.56 Å². The summed E-state index contributed by atoms with van der Waals surface area (Å²) >= 11 is 12.3. The van der Waals surface area contributed by atoms with Crippen LogP contribution in [0.2, 0.25) is 10.0 Å². The number of amides is 1. The van der Waals surface area contributed by atoms with Crippen LogP contribution in [0.5, 0.6) is 5.75 Å². The van der Waals surface area contributed by atoms with Crippen molar-refractivity contribution >= 4 is 52.3 Å². The molecule has 1 amide bonds. The molecule has 208 valence electrons. The average Bonchev–Trinajstić information content (AvgIpc) is 2.87. The van der Waals surface area contributed by atoms with Gasteiger partial charge in [0.25, 0.3) is 5.91 Å². The first-order valence-corrected chi connectivity index (χ1v) is 12.8. The molecule has 5 atom stereocenters. The lowest BCUT2D eigenvalue weighted by molar-refractivity contribution is -0.159. The summed E-state index contributed by atoms with van der Waals surface area (Å²) in [5.74, 6) is -9.13. The minimum absolute atomic E-state index is 0.218. The maximum absolute atomic E-state index is 13.8. The van der Waals surface area contributed by atoms with Gasteiger partial charge in [0.05, 0.1) is 39.2 Å². The first-order chi connectivity index (χ1) is 18.7. The number of nitrogens with zero attached hydrogens (tertiary/aromatic N) is 1. The highest BCUT2D eigenvalue weighted by atomic mass is 35.5. The van der Waals surface area contributed by atoms with Crippen LogP contribution in [0.3, 0.4) is 0 Å². The quantitative estimate of drug-likeness (QED) is 0.294. The zero-order valence-electron chi connectivity index (χ0n) is 21.1. The maximum atomic E-state index is 13.8. The van der Waals surface area contributed by atoms with E-state index in [1.807, 2.05) is 0 Å². The van der Waals surface area contributed by atoms with Crippen molar-refractivity contribution in [3.05, 3.63) is 85.8 Å². The molecule has 3 aliphatic carbocycles. The number of halogens is 2. The minimum Gasteiger partial charge on any atom is -0.510 e. The van der Waals surface area contributed by atoms with Crippen molar-refractivity contribution < 1.29 is 39.9 Å². The highest BCUT2D eigenvalue weighted by Gasteiger charge is 2.67. The topological polar surface area (TPSA) is 182 Å². The molecule has 0 aliphatic heterocycles. The van der Waals surface area contributed by atoms with E-state index >= 15 is 0 Å². The number of primary amides is 1. The number of aliphatic hydroxyl groups excluding tert-OH is 3. The molecule has 0 saturated carbocycles. The Labute approximate surface area is 237 Å². The number of Topliss-reactive ketones (excluding diaryl/α,β-unsaturated/α-hetero) is 2. The van der Waals surface area contributed by atoms with Gasteiger partial charge in [-0.25, -0.2) is 0 Å². The van der Waals surface area contributed by atoms with Crippen LogP contribution < -0.4 is 5.73 Å². The van der Waals surface area contributed by atoms with Gasteiger partial charge in [0.15, 0.2) is 11.4 Å². The molecule has 10 nitrogen and oxygen atoms in total. The second-order valence-corrected chi connectivity index (χ2v) is 11.0. The second kappa shape index (κ2) is 9.46. The number of aliphatic hydroxyl groups is 4. The highest BCUT2D eigenvalue weighted by molar-refractivity contribution is 6.42. The van der Waals surface area contributed by atoms with E-state index in [2.05, 4.69) is 0 Å². The lowest BCUT2D eigenvalue weighted by atomic mass is 9.56. The Morgan fingerprint density at radius 2 is 1.75 bits per heavy atom. The molecule has 0 spiro atoms. The predicted octanol–water partition coefficient (Wildman–Crippen LogP) is 2.40. The van der Waals surface area contributed by atoms with E-state index in [9.17, 15) is 39.9 Å². The van der Waals surface area contributed by atoms with Crippen LogP contribution in [0, 0.1) is 11.8 Å². The van der Waals surface area contributed by atoms with Crippen LogP contribution in [-0.2, 0) is 9.59 Å². The average molecular weight is 587 g/mol. The summed E-state index contributed by atoms with van der Waals surface area (Å²) in [5, 5.41) is 57.3. The number of nitrogens with two attached hydrogens (primary N) is 1. The molecule has 0 aromatic heterocycles. The number of hydrogen-bond acceptors (Lipinski definition) is 9. The molecule has 2 aromatic carbocycles. The molecular weight excluding hydrogens is 563 g/mol. The number of carbonyl (C=O) groups is 3. The van der Waals surface area contributed by atoms with Crippen LogP contribution in [0.1, 0.15) is 21.5 Å². The fraction of sp³-hybridized carbons (Fsp3) is 0.250. The monoisotopic (exact) mass is 586 g/mol. The van der Waals surface area contributed by atoms with Gasteiger partial charge in [-0.2, -0.15) is 0 Å². The van der Waals surface area contributed by atoms with Gasteiger partial charge in [-0.1, -0.05) is 47.5 Å². The number of fused-ring (bicyclic) bond motifs is 3. The van der Waals surface area contributed by atoms with Crippen molar-refractivity contribution in [1.29, 1.82) is 0 Å². The molecule has 40 heavy (non-hydrogen) atoms. The molecule has 5 rings (SSSR count). The lowest BCUT2D eigenvalue weighted by Crippen LogP contribution is -2.68. The van der Waals surface area contributed by atoms with Crippen molar-refractivity contribution in [3.63, 3.8) is 0 Å². The standard InChI is InChI=1S/C28H24Cl2N2O8/c1-32(2)21-20-23(35)17-12(8-10-6-7-13(29)14(30)9-10)11-4-3-5-15(33)16(11)22(34)18(17)25(37)28(20,40)26(38)19(24(21)36)27(31)39/h3-9,17,20-21,23,33,35-37,40H,1-2H3,(H2,31,39)/b12-8+/t17-,20-,21+,23+,28+/m1/s1. The lowest BCUT2D eigenvalue weighted by Gasteiger charge is -2.52. The largest absolute Gasteiger partial charge is 0.510 e. The van der Waals surface area contributed by atoms with Gasteiger partial charge in [0, 0.05) is 5.92 Å². The van der Waals surface area contributed by atoms with Gasteiger partial charge in [0.1, 0.15) is 22.8 Å². The molecule has 0 fully saturated rings. The first-order valence-electron chi connectivity index (χ1n) is 12.0. The Morgan fingerprint density at radius 1 is 1.07 bits per heavy atom. The molecule has 3 aliphatic rings. The number of phenolic OH excluding ortho intramolecular Hbond substituents is 1. The Balaban J connectivity index is 1.87. The Morgan fingerprint density at radius 3 is 2.35 bits per heavy atom. The number of hydrogen-bond donors (Lipinski definition) is 6. The van der Waals surface area contributed by atoms with Gasteiger partial charge < -0.3 is 31.3 Å². The molecule has 2 aromatic rings. The SMILES string of the molecule is CN(C)[C@@H]1C(O)=C(C(N)=O)C(=O)[C@@]2(O)C(O)=C3C(=O)c4c(O)cccc4/C(=C\c4ccc(Cl)c(Cl)c4)[C@H]3[C@H](O)[C@@H]12. The van der Waals surface area contributed by atoms with Gasteiger partial charge in [-0.15, -0.1) is 0 Å². The van der Waals surface area contributed by atoms with Crippen molar-refractivity contribution in [2.75, 3.05) is 14.1 Å². The summed E-state index contributed by atoms with van der Waals surface area (Å²) in [5.41, 5.74) is 1.54. The first kappa shape index (κ1) is 27.9. The third-order valence-corrected chi connectivity index (χ3v) is 8.54. The summed E-state index contributed by atoms with van der Waals surface area (Å²) < 4.78 is 0. The van der Waals surface area contributed by atoms with Crippen LogP contribution in [0.25, 0.3) is 11.6 Å². The number of carbonyl (C=O) groups excluding carboxylic acids is 3. The highest BCUT2D eigenvalue weighted by Crippen LogP contribution is 2.55. The van der Waals surface area contributed by atoms with E-state index in [1.54, 1.807) is 12.1 Å². The Bertz CT molecular complexity index is 1610. The van der Waals surface area contributed by atoms with Crippen LogP contribution in [0.4, 0.5) is 0 Å². The van der Waals surface area contributed by atoms with Crippen molar-refractivity contribution in [2.24, 2.45) is 17.6 Å². The van der Waals surface area contributed by atoms with Gasteiger partial charge in [0.2, 0.25) is 5.78 Å². The van der Waals surface area contributed by atoms with Crippen LogP contribution in [-0.4, -0.2) is 79.7 Å². The molecule has 0 heterocycles. The van der Waals surface area contributed by atoms with E-state index < -0.39 is 75.5 Å². The molecule has 0 radical (unpaired) electrons. The smallest absolute Gasteiger partial charge is 0.255 e. The van der Waals surface area contributed by atoms with Crippen molar-refractivity contribution in [1.82, 2.24) is 4.90 Å². The summed E-state index contributed by atoms with van der Waals surface area (Å²) in [6, 6.07) is 7.59. The third kappa shape index (κ3) is 3.71. The summed E-state index contributed by atoms with van der Waals surface area (Å²) in [6.07, 6.45) is -0.213. The van der Waals surface area contributed by atoms with Gasteiger partial charge in [-0.3, -0.25) is 19.3 Å². The summed E-state index contributed by atoms with van der Waals surface area (Å²) in [4.78, 5) is 40.8. The van der Waals surface area contributed by atoms with Gasteiger partial charge >= 0.3 is 0 Å². The van der Waals surface area contributed by atoms with E-state index in [1.165, 1.54) is 49.3 Å². The predicted molar refractivity (Wildman–Crippen MR) is 146 cm³/mol. The zero-order valence-corrected chi connectivity index (χ0v) is 22.6. The van der Waals surface area contributed by atoms with Gasteiger partial charge in [-0.05, 0) is 49.0 Å². The Kier molecular flexibility index (Phi) is 6.60. The number of likely N-dealkylation sites (N-methyl/N-ethyl adjacent to an activating group) is 1. The second-order valence-electron chi connectivity index (χ2n) is 10.2. The van der Waals surface area contributed by atoms with Crippen molar-refractivity contribution in [3.8, 4) is 5.75 Å². The fourth-order valence-electron chi connectivity index (χ4n) is 6.10. The number of phenols is 1. The number of aromatic hydroxyl groups is 1. The third-order valence-electron chi connectivity index (χ3n) is 7.80. The zero-order chi connectivity index (χ0) is 29.4. The number of ketones is 2. The van der Waals surface area contributed by atoms with Crippen molar-refractivity contribution in [2.45, 2.75) is 17.7 Å². The maximum Gasteiger partial charge on any atom is 0.255 e. The van der Waals surface area contributed by atoms with Crippen LogP contribution in [0.15, 0.2) is 59.1 Å². The Hall–Kier alpha value is -3.67. The fourth-order valence-corrected chi connectivity index (χ4v) is 6.40. The molecule has 0 unspecified atom stereocenters. The molecule has 7 N–H and O–H groups in total. The van der Waals surface area contributed by atoms with E-state index in [0.717, 1.165) is 0 Å². The normalized spacial score (nSPS) is 29.0. The molecular formula is C28H24Cl2N2O8. The molecule has 12 heteroatoms. The summed E-state index contributed by atoms with van der Waals surface area (Å²) in [7, 11) is 2.93. The molecule has 0 bridgehead atoms. The number of rotatable bonds is 3. The van der Waals surface area contributed by atoms with E-state index in [4.69, 9.17) is 28.9 Å². The summed E-state index contributed by atoms with van der Waals surface area (Å²) in [6.45, 7) is 0. The molecule has 0 saturated heterocycles. The minimum atomic E-state index is -3.01. The van der Waals surface area contributed by atoms with E-state index in [-0.39, 0.29) is 26.7 Å².